The molecule has 0 fully saturated rings. The van der Waals surface area contributed by atoms with Crippen molar-refractivity contribution >= 4 is 10.8 Å². The van der Waals surface area contributed by atoms with Gasteiger partial charge in [-0.2, -0.15) is 0 Å². The minimum absolute atomic E-state index is 0.554. The van der Waals surface area contributed by atoms with Gasteiger partial charge in [0.2, 0.25) is 5.88 Å². The van der Waals surface area contributed by atoms with Crippen LogP contribution in [0.3, 0.4) is 0 Å². The lowest BCUT2D eigenvalue weighted by Gasteiger charge is -2.10. The molecule has 0 spiro atoms. The Hall–Kier alpha value is -1.87. The molecule has 0 aliphatic heterocycles. The monoisotopic (exact) mass is 256 g/mol. The van der Waals surface area contributed by atoms with E-state index in [1.807, 2.05) is 37.3 Å². The molecule has 1 heterocycles. The number of hydrogen-bond acceptors (Lipinski definition) is 3. The van der Waals surface area contributed by atoms with E-state index in [4.69, 9.17) is 4.74 Å². The molecule has 0 aliphatic carbocycles. The summed E-state index contributed by atoms with van der Waals surface area (Å²) >= 11 is 0. The summed E-state index contributed by atoms with van der Waals surface area (Å²) in [4.78, 5) is 4.59. The summed E-state index contributed by atoms with van der Waals surface area (Å²) in [5.74, 6) is 0.712. The van der Waals surface area contributed by atoms with Crippen LogP contribution in [0.15, 0.2) is 42.5 Å². The number of rotatable bonds is 6. The quantitative estimate of drug-likeness (QED) is 0.805. The van der Waals surface area contributed by atoms with Gasteiger partial charge in [0.15, 0.2) is 0 Å². The van der Waals surface area contributed by atoms with E-state index in [1.165, 1.54) is 5.39 Å². The number of fused-ring (bicyclic) bond motifs is 1. The van der Waals surface area contributed by atoms with Gasteiger partial charge < -0.3 is 10.1 Å². The zero-order valence-electron chi connectivity index (χ0n) is 11.5. The molecule has 2 aromatic rings. The Morgan fingerprint density at radius 1 is 1.32 bits per heavy atom. The number of aromatic nitrogens is 1. The van der Waals surface area contributed by atoms with E-state index in [9.17, 15) is 0 Å². The first-order valence-electron chi connectivity index (χ1n) is 6.68. The summed E-state index contributed by atoms with van der Waals surface area (Å²) in [5.41, 5.74) is 1.01. The van der Waals surface area contributed by atoms with Crippen LogP contribution in [-0.2, 0) is 6.54 Å². The molecule has 3 nitrogen and oxygen atoms in total. The number of benzene rings is 1. The Balaban J connectivity index is 2.33. The van der Waals surface area contributed by atoms with Gasteiger partial charge in [0.25, 0.3) is 0 Å². The number of nitrogens with one attached hydrogen (secondary N) is 1. The molecule has 19 heavy (non-hydrogen) atoms. The van der Waals surface area contributed by atoms with Gasteiger partial charge in [0.1, 0.15) is 6.61 Å². The summed E-state index contributed by atoms with van der Waals surface area (Å²) < 4.78 is 5.75. The Morgan fingerprint density at radius 3 is 2.95 bits per heavy atom. The molecule has 0 aliphatic rings. The van der Waals surface area contributed by atoms with Crippen LogP contribution in [-0.4, -0.2) is 18.1 Å². The summed E-state index contributed by atoms with van der Waals surface area (Å²) in [7, 11) is 0. The average molecular weight is 256 g/mol. The number of allylic oxidation sites excluding steroid dienone is 1. The van der Waals surface area contributed by atoms with E-state index < -0.39 is 0 Å². The maximum absolute atomic E-state index is 5.75. The second kappa shape index (κ2) is 6.90. The molecule has 100 valence electrons. The first kappa shape index (κ1) is 13.6. The average Bonchev–Trinajstić information content (AvgIpc) is 2.45. The minimum atomic E-state index is 0.554. The summed E-state index contributed by atoms with van der Waals surface area (Å²) in [6.07, 6.45) is 3.96. The lowest BCUT2D eigenvalue weighted by Crippen LogP contribution is -2.13. The van der Waals surface area contributed by atoms with Crippen LogP contribution in [0.4, 0.5) is 0 Å². The molecule has 1 N–H and O–H groups in total. The number of hydrogen-bond donors (Lipinski definition) is 1. The molecule has 1 aromatic heterocycles. The fourth-order valence-corrected chi connectivity index (χ4v) is 1.90. The highest BCUT2D eigenvalue weighted by atomic mass is 16.5. The third kappa shape index (κ3) is 3.55. The second-order valence-corrected chi connectivity index (χ2v) is 4.30. The Morgan fingerprint density at radius 2 is 2.16 bits per heavy atom. The number of pyridine rings is 1. The van der Waals surface area contributed by atoms with Crippen molar-refractivity contribution in [2.75, 3.05) is 13.2 Å². The number of nitrogens with zero attached hydrogens (tertiary/aromatic N) is 1. The van der Waals surface area contributed by atoms with Gasteiger partial charge in [-0.15, -0.1) is 0 Å². The molecule has 3 heteroatoms. The van der Waals surface area contributed by atoms with Crippen LogP contribution in [0.5, 0.6) is 5.88 Å². The maximum atomic E-state index is 5.75. The third-order valence-corrected chi connectivity index (χ3v) is 2.87. The Labute approximate surface area is 114 Å². The maximum Gasteiger partial charge on any atom is 0.221 e. The van der Waals surface area contributed by atoms with Crippen LogP contribution in [0.2, 0.25) is 0 Å². The molecule has 0 amide bonds. The zero-order chi connectivity index (χ0) is 13.5. The van der Waals surface area contributed by atoms with E-state index in [0.717, 1.165) is 24.2 Å². The van der Waals surface area contributed by atoms with Crippen molar-refractivity contribution in [3.05, 3.63) is 48.2 Å². The molecule has 0 unspecified atom stereocenters. The Kier molecular flexibility index (Phi) is 4.93. The van der Waals surface area contributed by atoms with Crippen molar-refractivity contribution < 1.29 is 4.74 Å². The van der Waals surface area contributed by atoms with Crippen LogP contribution in [0.25, 0.3) is 10.8 Å². The molecule has 2 rings (SSSR count). The fraction of sp³-hybridized carbons (Fsp3) is 0.312. The van der Waals surface area contributed by atoms with E-state index in [1.54, 1.807) is 0 Å². The zero-order valence-corrected chi connectivity index (χ0v) is 11.5. The summed E-state index contributed by atoms with van der Waals surface area (Å²) in [6.45, 7) is 6.32. The van der Waals surface area contributed by atoms with Gasteiger partial charge in [-0.3, -0.25) is 0 Å². The molecule has 0 atom stereocenters. The van der Waals surface area contributed by atoms with Crippen molar-refractivity contribution in [2.24, 2.45) is 0 Å². The van der Waals surface area contributed by atoms with Gasteiger partial charge in [-0.25, -0.2) is 4.98 Å². The van der Waals surface area contributed by atoms with E-state index in [0.29, 0.717) is 12.5 Å². The number of ether oxygens (including phenoxy) is 1. The van der Waals surface area contributed by atoms with Gasteiger partial charge in [-0.1, -0.05) is 37.3 Å². The van der Waals surface area contributed by atoms with Gasteiger partial charge >= 0.3 is 0 Å². The second-order valence-electron chi connectivity index (χ2n) is 4.30. The van der Waals surface area contributed by atoms with E-state index in [-0.39, 0.29) is 0 Å². The predicted molar refractivity (Wildman–Crippen MR) is 79.4 cm³/mol. The molecule has 0 bridgehead atoms. The first-order valence-corrected chi connectivity index (χ1v) is 6.68. The highest BCUT2D eigenvalue weighted by Gasteiger charge is 2.06. The van der Waals surface area contributed by atoms with Crippen LogP contribution < -0.4 is 10.1 Å². The standard InChI is InChI=1S/C16H20N2O/c1-3-5-10-19-16-15-9-7-6-8-13(15)11-14(18-16)12-17-4-2/h3,5-9,11,17H,4,10,12H2,1-2H3/b5-3+. The van der Waals surface area contributed by atoms with Crippen molar-refractivity contribution in [3.8, 4) is 5.88 Å². The molecular weight excluding hydrogens is 236 g/mol. The van der Waals surface area contributed by atoms with Crippen LogP contribution in [0.1, 0.15) is 19.5 Å². The molecule has 1 aromatic carbocycles. The molecule has 0 saturated heterocycles. The predicted octanol–water partition coefficient (Wildman–Crippen LogP) is 3.30. The molecular formula is C16H20N2O. The van der Waals surface area contributed by atoms with Gasteiger partial charge in [0, 0.05) is 11.9 Å². The highest BCUT2D eigenvalue weighted by molar-refractivity contribution is 5.87. The van der Waals surface area contributed by atoms with Gasteiger partial charge in [0.05, 0.1) is 5.69 Å². The normalized spacial score (nSPS) is 11.3. The summed E-state index contributed by atoms with van der Waals surface area (Å²) in [6, 6.07) is 10.3. The van der Waals surface area contributed by atoms with E-state index in [2.05, 4.69) is 29.4 Å². The highest BCUT2D eigenvalue weighted by Crippen LogP contribution is 2.24. The third-order valence-electron chi connectivity index (χ3n) is 2.87. The Bertz CT molecular complexity index is 564. The summed E-state index contributed by atoms with van der Waals surface area (Å²) in [5, 5.41) is 5.52. The van der Waals surface area contributed by atoms with Crippen LogP contribution >= 0.6 is 0 Å². The smallest absolute Gasteiger partial charge is 0.221 e. The van der Waals surface area contributed by atoms with Crippen LogP contribution in [0, 0.1) is 0 Å². The van der Waals surface area contributed by atoms with Crippen molar-refractivity contribution in [1.29, 1.82) is 0 Å². The van der Waals surface area contributed by atoms with Crippen molar-refractivity contribution in [2.45, 2.75) is 20.4 Å². The topological polar surface area (TPSA) is 34.1 Å². The SMILES string of the molecule is C/C=C/COc1nc(CNCC)cc2ccccc12. The van der Waals surface area contributed by atoms with E-state index >= 15 is 0 Å². The lowest BCUT2D eigenvalue weighted by atomic mass is 10.1. The van der Waals surface area contributed by atoms with Gasteiger partial charge in [-0.05, 0) is 31.0 Å². The molecule has 0 saturated carbocycles. The largest absolute Gasteiger partial charge is 0.473 e. The van der Waals surface area contributed by atoms with Crippen molar-refractivity contribution in [3.63, 3.8) is 0 Å². The first-order chi connectivity index (χ1) is 9.35. The lowest BCUT2D eigenvalue weighted by molar-refractivity contribution is 0.351. The fourth-order valence-electron chi connectivity index (χ4n) is 1.90. The molecule has 0 radical (unpaired) electrons. The van der Waals surface area contributed by atoms with Crippen molar-refractivity contribution in [1.82, 2.24) is 10.3 Å². The minimum Gasteiger partial charge on any atom is -0.473 e.